The third-order valence-corrected chi connectivity index (χ3v) is 3.66. The summed E-state index contributed by atoms with van der Waals surface area (Å²) in [7, 11) is 0. The Morgan fingerprint density at radius 3 is 2.40 bits per heavy atom. The minimum absolute atomic E-state index is 0.216. The van der Waals surface area contributed by atoms with Crippen LogP contribution in [0.4, 0.5) is 21.7 Å². The number of hydrogen-bond donors (Lipinski definition) is 2. The normalized spacial score (nSPS) is 10.4. The molecule has 0 spiro atoms. The van der Waals surface area contributed by atoms with E-state index in [1.807, 2.05) is 32.0 Å². The van der Waals surface area contributed by atoms with Crippen LogP contribution in [0, 0.1) is 19.7 Å². The first-order valence-electron chi connectivity index (χ1n) is 7.75. The summed E-state index contributed by atoms with van der Waals surface area (Å²) in [5, 5.41) is 5.61. The van der Waals surface area contributed by atoms with Gasteiger partial charge in [-0.2, -0.15) is 0 Å². The minimum Gasteiger partial charge on any atom is -0.322 e. The summed E-state index contributed by atoms with van der Waals surface area (Å²) in [5.74, 6) is -0.486. The summed E-state index contributed by atoms with van der Waals surface area (Å²) in [6.45, 7) is 3.92. The average molecular weight is 336 g/mol. The van der Waals surface area contributed by atoms with Crippen molar-refractivity contribution in [3.05, 3.63) is 77.4 Å². The maximum absolute atomic E-state index is 13.6. The van der Waals surface area contributed by atoms with E-state index in [9.17, 15) is 9.18 Å². The van der Waals surface area contributed by atoms with Crippen molar-refractivity contribution in [3.8, 4) is 0 Å². The van der Waals surface area contributed by atoms with Crippen LogP contribution in [-0.2, 0) is 0 Å². The van der Waals surface area contributed by atoms with Crippen LogP contribution in [0.1, 0.15) is 21.5 Å². The number of halogens is 1. The number of para-hydroxylation sites is 1. The van der Waals surface area contributed by atoms with Gasteiger partial charge in [-0.05, 0) is 37.6 Å². The zero-order valence-electron chi connectivity index (χ0n) is 13.9. The van der Waals surface area contributed by atoms with Crippen LogP contribution < -0.4 is 10.6 Å². The Kier molecular flexibility index (Phi) is 4.70. The lowest BCUT2D eigenvalue weighted by Gasteiger charge is -2.09. The number of hydrogen-bond acceptors (Lipinski definition) is 4. The lowest BCUT2D eigenvalue weighted by atomic mass is 10.1. The number of carbonyl (C=O) groups is 1. The van der Waals surface area contributed by atoms with Gasteiger partial charge in [-0.1, -0.05) is 29.8 Å². The summed E-state index contributed by atoms with van der Waals surface area (Å²) in [6.07, 6.45) is 2.80. The molecule has 2 aromatic carbocycles. The summed E-state index contributed by atoms with van der Waals surface area (Å²) >= 11 is 0. The molecule has 3 aromatic rings. The largest absolute Gasteiger partial charge is 0.322 e. The number of anilines is 3. The Labute approximate surface area is 145 Å². The number of aryl methyl sites for hydroxylation is 2. The van der Waals surface area contributed by atoms with Gasteiger partial charge in [0.25, 0.3) is 5.91 Å². The summed E-state index contributed by atoms with van der Waals surface area (Å²) in [6, 6.07) is 12.0. The Morgan fingerprint density at radius 1 is 1.00 bits per heavy atom. The maximum Gasteiger partial charge on any atom is 0.258 e. The first-order valence-corrected chi connectivity index (χ1v) is 7.75. The molecule has 0 aliphatic rings. The fraction of sp³-hybridized carbons (Fsp3) is 0.105. The number of amides is 1. The molecule has 0 aliphatic heterocycles. The van der Waals surface area contributed by atoms with E-state index in [-0.39, 0.29) is 17.5 Å². The molecule has 3 rings (SSSR count). The quantitative estimate of drug-likeness (QED) is 0.748. The molecule has 0 unspecified atom stereocenters. The number of benzene rings is 2. The number of rotatable bonds is 4. The van der Waals surface area contributed by atoms with E-state index >= 15 is 0 Å². The van der Waals surface area contributed by atoms with Gasteiger partial charge in [0.1, 0.15) is 5.82 Å². The van der Waals surface area contributed by atoms with Crippen LogP contribution >= 0.6 is 0 Å². The Balaban J connectivity index is 1.71. The molecular weight excluding hydrogens is 319 g/mol. The van der Waals surface area contributed by atoms with E-state index < -0.39 is 5.82 Å². The Hall–Kier alpha value is -3.28. The number of aromatic nitrogens is 2. The van der Waals surface area contributed by atoms with E-state index in [1.165, 1.54) is 18.5 Å². The second-order valence-corrected chi connectivity index (χ2v) is 5.67. The molecule has 5 nitrogen and oxygen atoms in total. The molecule has 0 aliphatic carbocycles. The van der Waals surface area contributed by atoms with Crippen LogP contribution in [0.3, 0.4) is 0 Å². The first-order chi connectivity index (χ1) is 12.0. The predicted octanol–water partition coefficient (Wildman–Crippen LogP) is 4.23. The molecular formula is C19H17FN4O. The third kappa shape index (κ3) is 3.98. The van der Waals surface area contributed by atoms with Gasteiger partial charge >= 0.3 is 0 Å². The van der Waals surface area contributed by atoms with E-state index in [0.717, 1.165) is 16.8 Å². The van der Waals surface area contributed by atoms with E-state index in [2.05, 4.69) is 20.6 Å². The van der Waals surface area contributed by atoms with E-state index in [1.54, 1.807) is 18.2 Å². The highest BCUT2D eigenvalue weighted by Crippen LogP contribution is 2.18. The third-order valence-electron chi connectivity index (χ3n) is 3.66. The smallest absolute Gasteiger partial charge is 0.258 e. The van der Waals surface area contributed by atoms with Crippen molar-refractivity contribution in [1.29, 1.82) is 0 Å². The molecule has 1 amide bonds. The van der Waals surface area contributed by atoms with Crippen molar-refractivity contribution in [3.63, 3.8) is 0 Å². The maximum atomic E-state index is 13.6. The number of carbonyl (C=O) groups excluding carboxylic acids is 1. The topological polar surface area (TPSA) is 66.9 Å². The van der Waals surface area contributed by atoms with Gasteiger partial charge in [-0.3, -0.25) is 4.79 Å². The van der Waals surface area contributed by atoms with Gasteiger partial charge in [0.2, 0.25) is 5.95 Å². The van der Waals surface area contributed by atoms with Crippen LogP contribution in [0.5, 0.6) is 0 Å². The molecule has 6 heteroatoms. The Morgan fingerprint density at radius 2 is 1.72 bits per heavy atom. The predicted molar refractivity (Wildman–Crippen MR) is 95.6 cm³/mol. The van der Waals surface area contributed by atoms with Gasteiger partial charge in [-0.25, -0.2) is 14.4 Å². The molecule has 0 radical (unpaired) electrons. The van der Waals surface area contributed by atoms with E-state index in [0.29, 0.717) is 5.56 Å². The molecule has 1 heterocycles. The average Bonchev–Trinajstić information content (AvgIpc) is 2.60. The van der Waals surface area contributed by atoms with Gasteiger partial charge in [0.05, 0.1) is 11.3 Å². The van der Waals surface area contributed by atoms with Gasteiger partial charge in [0, 0.05) is 18.1 Å². The molecule has 0 saturated heterocycles. The molecule has 0 bridgehead atoms. The first kappa shape index (κ1) is 16.6. The second kappa shape index (κ2) is 7.09. The zero-order valence-corrected chi connectivity index (χ0v) is 13.9. The number of nitrogens with zero attached hydrogens (tertiary/aromatic N) is 2. The van der Waals surface area contributed by atoms with Crippen molar-refractivity contribution in [2.24, 2.45) is 0 Å². The highest BCUT2D eigenvalue weighted by molar-refractivity contribution is 6.04. The van der Waals surface area contributed by atoms with Crippen molar-refractivity contribution in [1.82, 2.24) is 9.97 Å². The minimum atomic E-state index is -0.400. The van der Waals surface area contributed by atoms with Gasteiger partial charge < -0.3 is 10.6 Å². The molecule has 0 fully saturated rings. The van der Waals surface area contributed by atoms with Crippen LogP contribution in [-0.4, -0.2) is 15.9 Å². The fourth-order valence-corrected chi connectivity index (χ4v) is 2.34. The summed E-state index contributed by atoms with van der Waals surface area (Å²) in [5.41, 5.74) is 3.44. The lowest BCUT2D eigenvalue weighted by Crippen LogP contribution is -2.14. The molecule has 25 heavy (non-hydrogen) atoms. The SMILES string of the molecule is Cc1ccc(NC(=O)c2cnc(Nc3ccccc3F)nc2)c(C)c1. The molecule has 0 atom stereocenters. The highest BCUT2D eigenvalue weighted by Gasteiger charge is 2.10. The number of nitrogens with one attached hydrogen (secondary N) is 2. The molecule has 2 N–H and O–H groups in total. The molecule has 126 valence electrons. The monoisotopic (exact) mass is 336 g/mol. The standard InChI is InChI=1S/C19H17FN4O/c1-12-7-8-16(13(2)9-12)23-18(25)14-10-21-19(22-11-14)24-17-6-4-3-5-15(17)20/h3-11H,1-2H3,(H,23,25)(H,21,22,24). The van der Waals surface area contributed by atoms with Crippen LogP contribution in [0.2, 0.25) is 0 Å². The summed E-state index contributed by atoms with van der Waals surface area (Å²) < 4.78 is 13.6. The van der Waals surface area contributed by atoms with Crippen molar-refractivity contribution in [2.45, 2.75) is 13.8 Å². The van der Waals surface area contributed by atoms with Crippen LogP contribution in [0.15, 0.2) is 54.9 Å². The van der Waals surface area contributed by atoms with Crippen LogP contribution in [0.25, 0.3) is 0 Å². The van der Waals surface area contributed by atoms with Crippen molar-refractivity contribution < 1.29 is 9.18 Å². The highest BCUT2D eigenvalue weighted by atomic mass is 19.1. The Bertz CT molecular complexity index is 910. The van der Waals surface area contributed by atoms with Gasteiger partial charge in [0.15, 0.2) is 0 Å². The van der Waals surface area contributed by atoms with E-state index in [4.69, 9.17) is 0 Å². The van der Waals surface area contributed by atoms with Crippen molar-refractivity contribution >= 4 is 23.2 Å². The molecule has 0 saturated carbocycles. The van der Waals surface area contributed by atoms with Crippen molar-refractivity contribution in [2.75, 3.05) is 10.6 Å². The molecule has 1 aromatic heterocycles. The fourth-order valence-electron chi connectivity index (χ4n) is 2.34. The lowest BCUT2D eigenvalue weighted by molar-refractivity contribution is 0.102. The zero-order chi connectivity index (χ0) is 17.8. The van der Waals surface area contributed by atoms with Gasteiger partial charge in [-0.15, -0.1) is 0 Å². The second-order valence-electron chi connectivity index (χ2n) is 5.67. The summed E-state index contributed by atoms with van der Waals surface area (Å²) in [4.78, 5) is 20.4.